The highest BCUT2D eigenvalue weighted by atomic mass is 32.2. The number of pyridine rings is 2. The first-order valence-electron chi connectivity index (χ1n) is 12.8. The van der Waals surface area contributed by atoms with Gasteiger partial charge in [0.2, 0.25) is 0 Å². The van der Waals surface area contributed by atoms with Gasteiger partial charge in [0, 0.05) is 33.2 Å². The number of hydrogen-bond acceptors (Lipinski definition) is 3. The van der Waals surface area contributed by atoms with Crippen LogP contribution in [0.1, 0.15) is 96.3 Å². The maximum Gasteiger partial charge on any atom is 0.151 e. The molecule has 188 valence electrons. The number of rotatable bonds is 5. The minimum Gasteiger partial charge on any atom is -0.295 e. The van der Waals surface area contributed by atoms with Crippen LogP contribution >= 0.6 is 0 Å². The van der Waals surface area contributed by atoms with Gasteiger partial charge in [-0.25, -0.2) is 4.98 Å². The van der Waals surface area contributed by atoms with Gasteiger partial charge in [-0.15, -0.1) is 0 Å². The summed E-state index contributed by atoms with van der Waals surface area (Å²) < 4.78 is 8.88. The van der Waals surface area contributed by atoms with E-state index in [0.29, 0.717) is 0 Å². The summed E-state index contributed by atoms with van der Waals surface area (Å²) >= 11 is 0.937. The van der Waals surface area contributed by atoms with Gasteiger partial charge in [-0.05, 0) is 62.1 Å². The van der Waals surface area contributed by atoms with E-state index in [1.807, 2.05) is 0 Å². The van der Waals surface area contributed by atoms with Crippen molar-refractivity contribution in [1.82, 2.24) is 14.4 Å². The molecular weight excluding hydrogens is 450 g/mol. The topological polar surface area (TPSA) is 39.4 Å². The number of hydrogen-bond donors (Lipinski definition) is 0. The molecule has 0 N–H and O–H groups in total. The van der Waals surface area contributed by atoms with Gasteiger partial charge in [0.05, 0.1) is 16.6 Å². The average Bonchev–Trinajstić information content (AvgIpc) is 3.15. The summed E-state index contributed by atoms with van der Waals surface area (Å²) in [5.41, 5.74) is 9.88. The van der Waals surface area contributed by atoms with Crippen molar-refractivity contribution in [2.24, 2.45) is 0 Å². The molecule has 4 aromatic rings. The number of fused-ring (bicyclic) bond motifs is 5. The van der Waals surface area contributed by atoms with Crippen LogP contribution in [-0.2, 0) is 32.7 Å². The van der Waals surface area contributed by atoms with E-state index in [9.17, 15) is 0 Å². The van der Waals surface area contributed by atoms with Crippen LogP contribution in [0.4, 0.5) is 0 Å². The lowest BCUT2D eigenvalue weighted by Crippen LogP contribution is -2.29. The van der Waals surface area contributed by atoms with Crippen molar-refractivity contribution in [2.45, 2.75) is 98.5 Å². The summed E-state index contributed by atoms with van der Waals surface area (Å²) in [6.07, 6.45) is 3.87. The molecule has 0 bridgehead atoms. The van der Waals surface area contributed by atoms with Gasteiger partial charge in [-0.2, -0.15) is 4.18 Å². The molecular formula is C30H42N3OS+. The van der Waals surface area contributed by atoms with Gasteiger partial charge in [0.25, 0.3) is 0 Å². The van der Waals surface area contributed by atoms with Crippen LogP contribution in [0.3, 0.4) is 0 Å². The Morgan fingerprint density at radius 3 is 2.11 bits per heavy atom. The van der Waals surface area contributed by atoms with Gasteiger partial charge >= 0.3 is 0 Å². The molecule has 0 saturated carbocycles. The molecule has 0 aliphatic heterocycles. The van der Waals surface area contributed by atoms with Crippen LogP contribution in [0, 0.1) is 13.8 Å². The second-order valence-corrected chi connectivity index (χ2v) is 12.5. The first-order valence-corrected chi connectivity index (χ1v) is 14.1. The Hall–Kier alpha value is -2.11. The molecule has 0 aliphatic rings. The third kappa shape index (κ3) is 4.15. The van der Waals surface area contributed by atoms with Crippen molar-refractivity contribution in [2.75, 3.05) is 6.26 Å². The van der Waals surface area contributed by atoms with Gasteiger partial charge < -0.3 is 0 Å². The highest BCUT2D eigenvalue weighted by Gasteiger charge is 2.38. The molecule has 3 aromatic heterocycles. The summed E-state index contributed by atoms with van der Waals surface area (Å²) in [6, 6.07) is 8.97. The lowest BCUT2D eigenvalue weighted by atomic mass is 9.83. The van der Waals surface area contributed by atoms with Gasteiger partial charge in [0.1, 0.15) is 23.9 Å². The third-order valence-electron chi connectivity index (χ3n) is 7.55. The molecule has 0 radical (unpaired) electrons. The molecule has 35 heavy (non-hydrogen) atoms. The number of thiol groups is 1. The number of imidazole rings is 1. The predicted molar refractivity (Wildman–Crippen MR) is 153 cm³/mol. The van der Waals surface area contributed by atoms with Gasteiger partial charge in [-0.3, -0.25) is 9.38 Å². The van der Waals surface area contributed by atoms with E-state index < -0.39 is 0 Å². The highest BCUT2D eigenvalue weighted by molar-refractivity contribution is 7.72. The highest BCUT2D eigenvalue weighted by Crippen LogP contribution is 2.42. The molecule has 3 heterocycles. The number of aromatic nitrogens is 3. The lowest BCUT2D eigenvalue weighted by Gasteiger charge is -2.29. The summed E-state index contributed by atoms with van der Waals surface area (Å²) in [5.74, 6) is 0. The fraction of sp³-hybridized carbons (Fsp3) is 0.533. The van der Waals surface area contributed by atoms with E-state index in [2.05, 4.69) is 104 Å². The van der Waals surface area contributed by atoms with E-state index in [4.69, 9.17) is 14.2 Å². The van der Waals surface area contributed by atoms with E-state index in [-0.39, 0.29) is 16.4 Å². The molecule has 1 aromatic carbocycles. The maximum atomic E-state index is 6.50. The minimum atomic E-state index is -0.363. The second kappa shape index (κ2) is 8.77. The van der Waals surface area contributed by atoms with E-state index in [0.717, 1.165) is 58.2 Å². The van der Waals surface area contributed by atoms with Crippen LogP contribution in [-0.4, -0.2) is 20.6 Å². The fourth-order valence-corrected chi connectivity index (χ4v) is 6.01. The molecule has 4 rings (SSSR count). The Balaban J connectivity index is 2.25. The average molecular weight is 493 g/mol. The minimum absolute atomic E-state index is 0.0116. The van der Waals surface area contributed by atoms with Crippen molar-refractivity contribution >= 4 is 39.6 Å². The lowest BCUT2D eigenvalue weighted by molar-refractivity contribution is 0.0832. The standard InChI is InChI=1S/C30H41N3OS/c1-12-30(13-2,34-35-11)25-19(4)18(3)16-22-26(25)32-27-20-14-15-23(28(5,6)7)31-21(20)17-24(33(22)27)29(8,9)10/h14-17H,12-13H2,1-11H3/p+1. The fourth-order valence-electron chi connectivity index (χ4n) is 5.31. The Labute approximate surface area is 215 Å². The zero-order chi connectivity index (χ0) is 25.9. The number of benzene rings is 1. The smallest absolute Gasteiger partial charge is 0.151 e. The third-order valence-corrected chi connectivity index (χ3v) is 8.08. The van der Waals surface area contributed by atoms with Gasteiger partial charge in [0.15, 0.2) is 5.60 Å². The normalized spacial score (nSPS) is 13.5. The van der Waals surface area contributed by atoms with Crippen LogP contribution in [0.15, 0.2) is 24.3 Å². The largest absolute Gasteiger partial charge is 0.295 e. The molecule has 5 heteroatoms. The number of aryl methyl sites for hydroxylation is 1. The van der Waals surface area contributed by atoms with Crippen molar-refractivity contribution in [3.63, 3.8) is 0 Å². The summed E-state index contributed by atoms with van der Waals surface area (Å²) in [4.78, 5) is 10.5. The monoisotopic (exact) mass is 492 g/mol. The quantitative estimate of drug-likeness (QED) is 0.212. The van der Waals surface area contributed by atoms with Crippen molar-refractivity contribution in [1.29, 1.82) is 0 Å². The zero-order valence-corrected chi connectivity index (χ0v) is 24.3. The summed E-state index contributed by atoms with van der Waals surface area (Å²) in [7, 11) is 0. The Morgan fingerprint density at radius 2 is 1.57 bits per heavy atom. The molecule has 0 unspecified atom stereocenters. The Bertz CT molecular complexity index is 1420. The molecule has 0 amide bonds. The van der Waals surface area contributed by atoms with Crippen molar-refractivity contribution in [3.05, 3.63) is 52.3 Å². The van der Waals surface area contributed by atoms with Crippen LogP contribution < -0.4 is 0 Å². The van der Waals surface area contributed by atoms with Crippen LogP contribution in [0.2, 0.25) is 0 Å². The van der Waals surface area contributed by atoms with E-state index >= 15 is 0 Å². The molecule has 0 spiro atoms. The first-order chi connectivity index (χ1) is 16.3. The molecule has 0 atom stereocenters. The second-order valence-electron chi connectivity index (χ2n) is 12.0. The zero-order valence-electron chi connectivity index (χ0n) is 23.4. The van der Waals surface area contributed by atoms with E-state index in [1.165, 1.54) is 22.4 Å². The predicted octanol–water partition coefficient (Wildman–Crippen LogP) is 7.64. The summed E-state index contributed by atoms with van der Waals surface area (Å²) in [6.45, 7) is 22.4. The SMILES string of the molecule is CCC(CC)(O[SH+]C)c1c(C)c(C)cc2c1nc1c3ccc(C(C)(C)C)nc3cc(C(C)(C)C)n21. The van der Waals surface area contributed by atoms with Crippen LogP contribution in [0.5, 0.6) is 0 Å². The number of nitrogens with zero attached hydrogens (tertiary/aromatic N) is 3. The first kappa shape index (κ1) is 26.0. The van der Waals surface area contributed by atoms with Crippen LogP contribution in [0.25, 0.3) is 27.6 Å². The van der Waals surface area contributed by atoms with Crippen molar-refractivity contribution in [3.8, 4) is 0 Å². The maximum absolute atomic E-state index is 6.50. The van der Waals surface area contributed by atoms with Crippen molar-refractivity contribution < 1.29 is 4.18 Å². The Kier molecular flexibility index (Phi) is 6.51. The molecule has 0 saturated heterocycles. The molecule has 0 fully saturated rings. The molecule has 0 aliphatic carbocycles. The summed E-state index contributed by atoms with van der Waals surface area (Å²) in [5, 5.41) is 1.09. The van der Waals surface area contributed by atoms with E-state index in [1.54, 1.807) is 0 Å². The van der Waals surface area contributed by atoms with Gasteiger partial charge in [-0.1, -0.05) is 55.4 Å². The molecule has 4 nitrogen and oxygen atoms in total. The Morgan fingerprint density at radius 1 is 0.914 bits per heavy atom.